The second-order valence-corrected chi connectivity index (χ2v) is 5.57. The van der Waals surface area contributed by atoms with E-state index in [-0.39, 0.29) is 24.4 Å². The van der Waals surface area contributed by atoms with Gasteiger partial charge in [-0.15, -0.1) is 23.7 Å². The fourth-order valence-corrected chi connectivity index (χ4v) is 3.33. The van der Waals surface area contributed by atoms with E-state index in [9.17, 15) is 4.79 Å². The van der Waals surface area contributed by atoms with Crippen molar-refractivity contribution in [2.24, 2.45) is 0 Å². The standard InChI is InChI=1S/C14H16N2OS.ClH/c17-14(16-10-4-3-7-15-8-10)12-9-18-13-6-2-1-5-11(12)13;/h1-2,5-6,9-10,15H,3-4,7-8H2,(H,16,17);1H/t10-;/m0./s1. The van der Waals surface area contributed by atoms with Gasteiger partial charge in [0, 0.05) is 28.1 Å². The number of hydrogen-bond acceptors (Lipinski definition) is 3. The molecule has 1 aliphatic heterocycles. The zero-order valence-electron chi connectivity index (χ0n) is 10.5. The average molecular weight is 297 g/mol. The van der Waals surface area contributed by atoms with Crippen LogP contribution in [0.5, 0.6) is 0 Å². The number of carbonyl (C=O) groups excluding carboxylic acids is 1. The van der Waals surface area contributed by atoms with E-state index in [0.717, 1.165) is 36.9 Å². The predicted molar refractivity (Wildman–Crippen MR) is 82.4 cm³/mol. The summed E-state index contributed by atoms with van der Waals surface area (Å²) in [6.45, 7) is 1.95. The van der Waals surface area contributed by atoms with E-state index in [1.165, 1.54) is 4.70 Å². The highest BCUT2D eigenvalue weighted by Gasteiger charge is 2.18. The van der Waals surface area contributed by atoms with E-state index in [4.69, 9.17) is 0 Å². The number of rotatable bonds is 2. The maximum Gasteiger partial charge on any atom is 0.253 e. The van der Waals surface area contributed by atoms with Crippen LogP contribution in [0.25, 0.3) is 10.1 Å². The first kappa shape index (κ1) is 14.3. The van der Waals surface area contributed by atoms with E-state index in [2.05, 4.69) is 16.7 Å². The molecule has 102 valence electrons. The molecular weight excluding hydrogens is 280 g/mol. The van der Waals surface area contributed by atoms with Crippen LogP contribution in [0, 0.1) is 0 Å². The van der Waals surface area contributed by atoms with Crippen molar-refractivity contribution in [2.45, 2.75) is 18.9 Å². The Bertz CT molecular complexity index is 563. The monoisotopic (exact) mass is 296 g/mol. The van der Waals surface area contributed by atoms with Gasteiger partial charge < -0.3 is 10.6 Å². The summed E-state index contributed by atoms with van der Waals surface area (Å²) in [7, 11) is 0. The first-order chi connectivity index (χ1) is 8.84. The fourth-order valence-electron chi connectivity index (χ4n) is 2.39. The summed E-state index contributed by atoms with van der Waals surface area (Å²) in [6, 6.07) is 8.32. The largest absolute Gasteiger partial charge is 0.348 e. The minimum atomic E-state index is 0. The Morgan fingerprint density at radius 3 is 3.00 bits per heavy atom. The summed E-state index contributed by atoms with van der Waals surface area (Å²) in [5.41, 5.74) is 0.807. The smallest absolute Gasteiger partial charge is 0.253 e. The normalized spacial score (nSPS) is 18.8. The van der Waals surface area contributed by atoms with Crippen LogP contribution in [-0.4, -0.2) is 25.0 Å². The van der Waals surface area contributed by atoms with E-state index >= 15 is 0 Å². The highest BCUT2D eigenvalue weighted by Crippen LogP contribution is 2.25. The highest BCUT2D eigenvalue weighted by molar-refractivity contribution is 7.17. The first-order valence-corrected chi connectivity index (χ1v) is 7.20. The molecule has 1 atom stereocenters. The molecule has 3 rings (SSSR count). The zero-order valence-corrected chi connectivity index (χ0v) is 12.2. The van der Waals surface area contributed by atoms with Crippen molar-refractivity contribution in [3.63, 3.8) is 0 Å². The Labute approximate surface area is 122 Å². The number of nitrogens with one attached hydrogen (secondary N) is 2. The van der Waals surface area contributed by atoms with E-state index in [0.29, 0.717) is 0 Å². The molecule has 3 nitrogen and oxygen atoms in total. The van der Waals surface area contributed by atoms with Gasteiger partial charge in [0.15, 0.2) is 0 Å². The summed E-state index contributed by atoms with van der Waals surface area (Å²) in [6.07, 6.45) is 2.20. The summed E-state index contributed by atoms with van der Waals surface area (Å²) in [5, 5.41) is 9.44. The molecule has 0 aliphatic carbocycles. The number of fused-ring (bicyclic) bond motifs is 1. The lowest BCUT2D eigenvalue weighted by Crippen LogP contribution is -2.45. The minimum Gasteiger partial charge on any atom is -0.348 e. The van der Waals surface area contributed by atoms with Crippen molar-refractivity contribution < 1.29 is 4.79 Å². The summed E-state index contributed by atoms with van der Waals surface area (Å²) in [4.78, 5) is 12.3. The molecule has 19 heavy (non-hydrogen) atoms. The molecule has 0 radical (unpaired) electrons. The van der Waals surface area contributed by atoms with Crippen molar-refractivity contribution in [3.05, 3.63) is 35.2 Å². The highest BCUT2D eigenvalue weighted by atomic mass is 35.5. The maximum absolute atomic E-state index is 12.3. The van der Waals surface area contributed by atoms with Gasteiger partial charge in [-0.05, 0) is 25.5 Å². The van der Waals surface area contributed by atoms with Gasteiger partial charge in [0.2, 0.25) is 0 Å². The van der Waals surface area contributed by atoms with Crippen molar-refractivity contribution in [1.29, 1.82) is 0 Å². The predicted octanol–water partition coefficient (Wildman–Crippen LogP) is 2.80. The van der Waals surface area contributed by atoms with Gasteiger partial charge in [-0.1, -0.05) is 18.2 Å². The summed E-state index contributed by atoms with van der Waals surface area (Å²) >= 11 is 1.63. The second kappa shape index (κ2) is 6.37. The molecule has 2 aromatic rings. The second-order valence-electron chi connectivity index (χ2n) is 4.66. The topological polar surface area (TPSA) is 41.1 Å². The van der Waals surface area contributed by atoms with Gasteiger partial charge in [-0.2, -0.15) is 0 Å². The van der Waals surface area contributed by atoms with Crippen molar-refractivity contribution >= 4 is 39.7 Å². The van der Waals surface area contributed by atoms with Gasteiger partial charge in [0.25, 0.3) is 5.91 Å². The molecule has 0 spiro atoms. The van der Waals surface area contributed by atoms with Crippen LogP contribution in [0.1, 0.15) is 23.2 Å². The number of amides is 1. The Hall–Kier alpha value is -1.10. The third-order valence-corrected chi connectivity index (χ3v) is 4.32. The van der Waals surface area contributed by atoms with Gasteiger partial charge in [-0.25, -0.2) is 0 Å². The summed E-state index contributed by atoms with van der Waals surface area (Å²) < 4.78 is 1.17. The Balaban J connectivity index is 0.00000133. The quantitative estimate of drug-likeness (QED) is 0.895. The number of thiophene rings is 1. The van der Waals surface area contributed by atoms with Crippen LogP contribution >= 0.6 is 23.7 Å². The Morgan fingerprint density at radius 2 is 2.21 bits per heavy atom. The zero-order chi connectivity index (χ0) is 12.4. The van der Waals surface area contributed by atoms with Crippen LogP contribution in [-0.2, 0) is 0 Å². The number of hydrogen-bond donors (Lipinski definition) is 2. The first-order valence-electron chi connectivity index (χ1n) is 6.32. The van der Waals surface area contributed by atoms with Crippen LogP contribution in [0.3, 0.4) is 0 Å². The lowest BCUT2D eigenvalue weighted by molar-refractivity contribution is 0.0933. The third-order valence-electron chi connectivity index (χ3n) is 3.36. The molecule has 0 saturated carbocycles. The SMILES string of the molecule is Cl.O=C(N[C@H]1CCCNC1)c1csc2ccccc12. The molecular formula is C14H17ClN2OS. The molecule has 1 aromatic heterocycles. The molecule has 2 heterocycles. The number of carbonyl (C=O) groups is 1. The molecule has 1 aliphatic rings. The van der Waals surface area contributed by atoms with Gasteiger partial charge >= 0.3 is 0 Å². The van der Waals surface area contributed by atoms with E-state index < -0.39 is 0 Å². The van der Waals surface area contributed by atoms with Crippen molar-refractivity contribution in [2.75, 3.05) is 13.1 Å². The molecule has 0 bridgehead atoms. The minimum absolute atomic E-state index is 0. The van der Waals surface area contributed by atoms with Gasteiger partial charge in [0.05, 0.1) is 5.56 Å². The molecule has 0 unspecified atom stereocenters. The third kappa shape index (κ3) is 3.08. The number of halogens is 1. The maximum atomic E-state index is 12.3. The average Bonchev–Trinajstić information content (AvgIpc) is 2.84. The molecule has 5 heteroatoms. The van der Waals surface area contributed by atoms with Crippen LogP contribution in [0.15, 0.2) is 29.6 Å². The molecule has 1 amide bonds. The number of piperidine rings is 1. The van der Waals surface area contributed by atoms with Crippen LogP contribution in [0.2, 0.25) is 0 Å². The van der Waals surface area contributed by atoms with E-state index in [1.807, 2.05) is 23.6 Å². The molecule has 1 saturated heterocycles. The Kier molecular flexibility index (Phi) is 4.80. The molecule has 1 fully saturated rings. The van der Waals surface area contributed by atoms with E-state index in [1.54, 1.807) is 11.3 Å². The summed E-state index contributed by atoms with van der Waals surface area (Å²) in [5.74, 6) is 0.0566. The number of benzene rings is 1. The van der Waals surface area contributed by atoms with Crippen molar-refractivity contribution in [3.8, 4) is 0 Å². The lowest BCUT2D eigenvalue weighted by atomic mass is 10.1. The van der Waals surface area contributed by atoms with Gasteiger partial charge in [0.1, 0.15) is 0 Å². The van der Waals surface area contributed by atoms with Crippen molar-refractivity contribution in [1.82, 2.24) is 10.6 Å². The Morgan fingerprint density at radius 1 is 1.37 bits per heavy atom. The fraction of sp³-hybridized carbons (Fsp3) is 0.357. The lowest BCUT2D eigenvalue weighted by Gasteiger charge is -2.23. The van der Waals surface area contributed by atoms with Gasteiger partial charge in [-0.3, -0.25) is 4.79 Å². The molecule has 1 aromatic carbocycles. The molecule has 2 N–H and O–H groups in total. The van der Waals surface area contributed by atoms with Crippen LogP contribution in [0.4, 0.5) is 0 Å². The van der Waals surface area contributed by atoms with Crippen LogP contribution < -0.4 is 10.6 Å².